The van der Waals surface area contributed by atoms with Crippen LogP contribution in [0.25, 0.3) is 0 Å². The number of carboxylic acid groups (broad SMARTS) is 6. The fourth-order valence-electron chi connectivity index (χ4n) is 1.92. The van der Waals surface area contributed by atoms with Crippen LogP contribution in [0.4, 0.5) is 0 Å². The first-order chi connectivity index (χ1) is 16.1. The second kappa shape index (κ2) is 26.7. The van der Waals surface area contributed by atoms with Crippen molar-refractivity contribution in [2.75, 3.05) is 6.54 Å². The van der Waals surface area contributed by atoms with Gasteiger partial charge in [0.25, 0.3) is 0 Å². The van der Waals surface area contributed by atoms with Crippen LogP contribution in [0.2, 0.25) is 0 Å². The average Bonchev–Trinajstić information content (AvgIpc) is 2.75. The van der Waals surface area contributed by atoms with Gasteiger partial charge < -0.3 is 47.2 Å². The summed E-state index contributed by atoms with van der Waals surface area (Å²) < 4.78 is 0. The number of carboxylic acids is 6. The van der Waals surface area contributed by atoms with E-state index in [1.165, 1.54) is 32.1 Å². The quantitative estimate of drug-likeness (QED) is 0.0982. The predicted molar refractivity (Wildman–Crippen MR) is 121 cm³/mol. The third-order valence-corrected chi connectivity index (χ3v) is 3.50. The van der Waals surface area contributed by atoms with Gasteiger partial charge in [-0.15, -0.1) is 0 Å². The van der Waals surface area contributed by atoms with Crippen molar-refractivity contribution in [1.82, 2.24) is 0 Å². The smallest absolute Gasteiger partial charge is 0.414 e. The fraction of sp³-hybridized carbons (Fsp3) is 0.600. The zero-order valence-electron chi connectivity index (χ0n) is 19.4. The van der Waals surface area contributed by atoms with Crippen molar-refractivity contribution in [3.8, 4) is 0 Å². The molecule has 11 N–H and O–H groups in total. The number of rotatable bonds is 11. The maximum absolute atomic E-state index is 9.78. The highest BCUT2D eigenvalue weighted by molar-refractivity contribution is 6.28. The Bertz CT molecular complexity index is 572. The Morgan fingerprint density at radius 1 is 0.686 bits per heavy atom. The molecular weight excluding hydrogens is 476 g/mol. The standard InChI is InChI=1S/C14H30N2O.3C2H2O4/c1-2-3-4-5-6-7-10-14(17)12-13(16)9-8-11-15;3*3-1(4)2(5)6/h8-9,13-14,17H,2-7,10-12,15-16H2,1H3;3*(H,3,4)(H,5,6)/b9-8+;;;. The van der Waals surface area contributed by atoms with Gasteiger partial charge in [0.2, 0.25) is 0 Å². The third-order valence-electron chi connectivity index (χ3n) is 3.50. The number of aliphatic hydroxyl groups excluding tert-OH is 1. The molecule has 0 saturated heterocycles. The normalized spacial score (nSPS) is 11.2. The molecule has 0 radical (unpaired) electrons. The Hall–Kier alpha value is -3.56. The van der Waals surface area contributed by atoms with Crippen molar-refractivity contribution >= 4 is 35.8 Å². The summed E-state index contributed by atoms with van der Waals surface area (Å²) in [6, 6.07) is -0.0614. The van der Waals surface area contributed by atoms with Gasteiger partial charge in [-0.25, -0.2) is 28.8 Å². The van der Waals surface area contributed by atoms with E-state index in [0.717, 1.165) is 12.8 Å². The SMILES string of the molecule is CCCCCCCCC(O)CC(N)/C=C/CN.O=C(O)C(=O)O.O=C(O)C(=O)O.O=C(O)C(=O)O. The largest absolute Gasteiger partial charge is 0.473 e. The van der Waals surface area contributed by atoms with Gasteiger partial charge >= 0.3 is 35.8 Å². The van der Waals surface area contributed by atoms with E-state index < -0.39 is 35.8 Å². The highest BCUT2D eigenvalue weighted by Crippen LogP contribution is 2.11. The summed E-state index contributed by atoms with van der Waals surface area (Å²) in [6.07, 6.45) is 12.5. The van der Waals surface area contributed by atoms with Gasteiger partial charge in [0.15, 0.2) is 0 Å². The lowest BCUT2D eigenvalue weighted by Crippen LogP contribution is -2.24. The first-order valence-corrected chi connectivity index (χ1v) is 10.3. The van der Waals surface area contributed by atoms with Crippen LogP contribution < -0.4 is 11.5 Å². The summed E-state index contributed by atoms with van der Waals surface area (Å²) >= 11 is 0. The summed E-state index contributed by atoms with van der Waals surface area (Å²) in [5, 5.41) is 54.1. The molecule has 0 aromatic carbocycles. The number of hydrogen-bond donors (Lipinski definition) is 9. The topological polar surface area (TPSA) is 296 Å². The van der Waals surface area contributed by atoms with E-state index in [9.17, 15) is 5.11 Å². The number of nitrogens with two attached hydrogens (primary N) is 2. The zero-order chi connectivity index (χ0) is 28.4. The Morgan fingerprint density at radius 2 is 1.03 bits per heavy atom. The lowest BCUT2D eigenvalue weighted by Gasteiger charge is -2.13. The molecule has 0 spiro atoms. The van der Waals surface area contributed by atoms with Crippen LogP contribution in [0, 0.1) is 0 Å². The molecule has 0 aliphatic heterocycles. The van der Waals surface area contributed by atoms with Crippen molar-refractivity contribution in [2.24, 2.45) is 11.5 Å². The van der Waals surface area contributed by atoms with Crippen molar-refractivity contribution in [1.29, 1.82) is 0 Å². The van der Waals surface area contributed by atoms with Crippen LogP contribution in [-0.4, -0.2) is 90.3 Å². The van der Waals surface area contributed by atoms with Crippen molar-refractivity contribution in [3.63, 3.8) is 0 Å². The van der Waals surface area contributed by atoms with Crippen LogP contribution >= 0.6 is 0 Å². The molecule has 15 heteroatoms. The van der Waals surface area contributed by atoms with E-state index in [1.54, 1.807) is 0 Å². The van der Waals surface area contributed by atoms with Gasteiger partial charge in [-0.05, 0) is 12.8 Å². The van der Waals surface area contributed by atoms with E-state index in [-0.39, 0.29) is 12.1 Å². The second-order valence-electron chi connectivity index (χ2n) is 6.60. The second-order valence-corrected chi connectivity index (χ2v) is 6.60. The average molecular weight is 513 g/mol. The lowest BCUT2D eigenvalue weighted by molar-refractivity contribution is -0.159. The molecule has 204 valence electrons. The van der Waals surface area contributed by atoms with Crippen LogP contribution in [0.1, 0.15) is 58.3 Å². The molecule has 0 rings (SSSR count). The Labute approximate surface area is 201 Å². The van der Waals surface area contributed by atoms with Crippen LogP contribution in [-0.2, 0) is 28.8 Å². The monoisotopic (exact) mass is 512 g/mol. The molecule has 0 saturated carbocycles. The molecule has 2 unspecified atom stereocenters. The molecule has 2 atom stereocenters. The molecule has 0 aliphatic carbocycles. The maximum atomic E-state index is 9.78. The highest BCUT2D eigenvalue weighted by atomic mass is 16.5. The molecule has 0 fully saturated rings. The minimum absolute atomic E-state index is 0.0614. The third kappa shape index (κ3) is 41.2. The van der Waals surface area contributed by atoms with Crippen molar-refractivity contribution < 1.29 is 64.5 Å². The first kappa shape index (κ1) is 38.7. The highest BCUT2D eigenvalue weighted by Gasteiger charge is 2.08. The first-order valence-electron chi connectivity index (χ1n) is 10.3. The number of aliphatic hydroxyl groups is 1. The fourth-order valence-corrected chi connectivity index (χ4v) is 1.92. The van der Waals surface area contributed by atoms with Gasteiger partial charge in [-0.3, -0.25) is 0 Å². The number of aliphatic carboxylic acids is 6. The van der Waals surface area contributed by atoms with Gasteiger partial charge in [0, 0.05) is 12.6 Å². The van der Waals surface area contributed by atoms with E-state index in [2.05, 4.69) is 6.92 Å². The van der Waals surface area contributed by atoms with Crippen LogP contribution in [0.5, 0.6) is 0 Å². The summed E-state index contributed by atoms with van der Waals surface area (Å²) in [7, 11) is 0. The number of unbranched alkanes of at least 4 members (excludes halogenated alkanes) is 5. The van der Waals surface area contributed by atoms with Crippen molar-refractivity contribution in [2.45, 2.75) is 70.4 Å². The summed E-state index contributed by atoms with van der Waals surface area (Å²) in [6.45, 7) is 2.74. The van der Waals surface area contributed by atoms with E-state index in [0.29, 0.717) is 13.0 Å². The summed E-state index contributed by atoms with van der Waals surface area (Å²) in [5.41, 5.74) is 11.2. The van der Waals surface area contributed by atoms with Crippen LogP contribution in [0.15, 0.2) is 12.2 Å². The molecule has 0 bridgehead atoms. The summed E-state index contributed by atoms with van der Waals surface area (Å²) in [5.74, 6) is -10.9. The van der Waals surface area contributed by atoms with Gasteiger partial charge in [-0.2, -0.15) is 0 Å². The Balaban J connectivity index is -0.000000218. The Morgan fingerprint density at radius 3 is 1.34 bits per heavy atom. The minimum Gasteiger partial charge on any atom is -0.473 e. The molecule has 0 aliphatic rings. The molecule has 35 heavy (non-hydrogen) atoms. The van der Waals surface area contributed by atoms with Gasteiger partial charge in [-0.1, -0.05) is 57.6 Å². The minimum atomic E-state index is -1.82. The molecule has 0 aromatic rings. The zero-order valence-corrected chi connectivity index (χ0v) is 19.4. The molecule has 0 heterocycles. The lowest BCUT2D eigenvalue weighted by atomic mass is 10.0. The number of carbonyl (C=O) groups is 6. The van der Waals surface area contributed by atoms with E-state index >= 15 is 0 Å². The maximum Gasteiger partial charge on any atom is 0.414 e. The Kier molecular flexibility index (Phi) is 29.5. The van der Waals surface area contributed by atoms with Crippen molar-refractivity contribution in [3.05, 3.63) is 12.2 Å². The number of hydrogen-bond acceptors (Lipinski definition) is 9. The molecular formula is C20H36N2O13. The van der Waals surface area contributed by atoms with Gasteiger partial charge in [0.05, 0.1) is 6.10 Å². The predicted octanol–water partition coefficient (Wildman–Crippen LogP) is -0.203. The van der Waals surface area contributed by atoms with Crippen LogP contribution in [0.3, 0.4) is 0 Å². The molecule has 0 aromatic heterocycles. The molecule has 15 nitrogen and oxygen atoms in total. The summed E-state index contributed by atoms with van der Waals surface area (Å²) in [4.78, 5) is 54.6. The van der Waals surface area contributed by atoms with E-state index in [4.69, 9.17) is 70.9 Å². The van der Waals surface area contributed by atoms with Gasteiger partial charge in [0.1, 0.15) is 0 Å². The molecule has 0 amide bonds. The van der Waals surface area contributed by atoms with E-state index in [1.807, 2.05) is 12.2 Å².